The van der Waals surface area contributed by atoms with E-state index in [9.17, 15) is 9.59 Å². The molecule has 0 saturated heterocycles. The van der Waals surface area contributed by atoms with Gasteiger partial charge in [-0.05, 0) is 42.3 Å². The molecule has 0 aliphatic heterocycles. The summed E-state index contributed by atoms with van der Waals surface area (Å²) in [6.07, 6.45) is 0.960. The van der Waals surface area contributed by atoms with Crippen molar-refractivity contribution in [2.24, 2.45) is 0 Å². The molecule has 2 aromatic carbocycles. The number of anilines is 2. The molecule has 26 heavy (non-hydrogen) atoms. The molecule has 1 heterocycles. The zero-order chi connectivity index (χ0) is 18.5. The Morgan fingerprint density at radius 2 is 1.88 bits per heavy atom. The molecule has 0 unspecified atom stereocenters. The minimum absolute atomic E-state index is 0.0848. The van der Waals surface area contributed by atoms with Gasteiger partial charge in [0.25, 0.3) is 5.91 Å². The average molecular weight is 369 g/mol. The number of benzene rings is 2. The fraction of sp³-hybridized carbons (Fsp3) is 0.211. The Labute approximate surface area is 155 Å². The van der Waals surface area contributed by atoms with Gasteiger partial charge in [-0.3, -0.25) is 14.9 Å². The number of nitrogens with one attached hydrogen (secondary N) is 2. The van der Waals surface area contributed by atoms with E-state index in [0.29, 0.717) is 16.6 Å². The number of fused-ring (bicyclic) bond motifs is 1. The minimum Gasteiger partial charge on any atom is -0.484 e. The summed E-state index contributed by atoms with van der Waals surface area (Å²) in [6, 6.07) is 13.1. The molecule has 2 amide bonds. The Balaban J connectivity index is 1.60. The fourth-order valence-corrected chi connectivity index (χ4v) is 3.31. The molecule has 0 aliphatic rings. The van der Waals surface area contributed by atoms with Gasteiger partial charge in [0.2, 0.25) is 5.91 Å². The minimum atomic E-state index is -0.272. The highest BCUT2D eigenvalue weighted by Gasteiger charge is 2.09. The molecule has 0 aliphatic carbocycles. The van der Waals surface area contributed by atoms with Crippen LogP contribution in [0.15, 0.2) is 42.5 Å². The molecule has 0 radical (unpaired) electrons. The second-order valence-electron chi connectivity index (χ2n) is 5.72. The van der Waals surface area contributed by atoms with Gasteiger partial charge in [0.15, 0.2) is 11.7 Å². The Hall–Kier alpha value is -2.93. The summed E-state index contributed by atoms with van der Waals surface area (Å²) in [7, 11) is 0. The molecule has 2 N–H and O–H groups in total. The first-order chi connectivity index (χ1) is 12.5. The normalized spacial score (nSPS) is 10.5. The van der Waals surface area contributed by atoms with Crippen LogP contribution in [-0.4, -0.2) is 23.4 Å². The molecule has 6 nitrogen and oxygen atoms in total. The molecule has 0 saturated carbocycles. The third-order valence-electron chi connectivity index (χ3n) is 3.66. The molecule has 7 heteroatoms. The van der Waals surface area contributed by atoms with E-state index in [4.69, 9.17) is 4.74 Å². The predicted octanol–water partition coefficient (Wildman–Crippen LogP) is 3.83. The second-order valence-corrected chi connectivity index (χ2v) is 6.75. The molecule has 3 rings (SSSR count). The molecule has 0 fully saturated rings. The maximum atomic E-state index is 12.1. The predicted molar refractivity (Wildman–Crippen MR) is 104 cm³/mol. The lowest BCUT2D eigenvalue weighted by Gasteiger charge is -2.06. The van der Waals surface area contributed by atoms with Crippen molar-refractivity contribution in [1.29, 1.82) is 0 Å². The summed E-state index contributed by atoms with van der Waals surface area (Å²) in [4.78, 5) is 27.6. The summed E-state index contributed by atoms with van der Waals surface area (Å²) < 4.78 is 6.37. The van der Waals surface area contributed by atoms with Gasteiger partial charge in [0.05, 0.1) is 10.2 Å². The quantitative estimate of drug-likeness (QED) is 0.692. The van der Waals surface area contributed by atoms with Gasteiger partial charge in [-0.2, -0.15) is 0 Å². The van der Waals surface area contributed by atoms with Crippen molar-refractivity contribution >= 4 is 44.2 Å². The number of amides is 2. The van der Waals surface area contributed by atoms with Crippen LogP contribution in [0, 0.1) is 0 Å². The van der Waals surface area contributed by atoms with Gasteiger partial charge in [-0.15, -0.1) is 0 Å². The van der Waals surface area contributed by atoms with Crippen LogP contribution < -0.4 is 15.4 Å². The first-order valence-corrected chi connectivity index (χ1v) is 9.05. The van der Waals surface area contributed by atoms with Crippen molar-refractivity contribution in [2.75, 3.05) is 17.2 Å². The van der Waals surface area contributed by atoms with Crippen molar-refractivity contribution in [1.82, 2.24) is 4.98 Å². The maximum absolute atomic E-state index is 12.1. The number of carbonyl (C=O) groups is 2. The van der Waals surface area contributed by atoms with Crippen LogP contribution >= 0.6 is 11.3 Å². The summed E-state index contributed by atoms with van der Waals surface area (Å²) in [5.74, 6) is 0.249. The van der Waals surface area contributed by atoms with E-state index < -0.39 is 0 Å². The summed E-state index contributed by atoms with van der Waals surface area (Å²) in [5.41, 5.74) is 2.68. The lowest BCUT2D eigenvalue weighted by atomic mass is 10.2. The van der Waals surface area contributed by atoms with Crippen LogP contribution in [0.5, 0.6) is 5.75 Å². The SMILES string of the molecule is CCc1ccc(OCC(=O)Nc2nc3ccc(NC(C)=O)cc3s2)cc1. The third-order valence-corrected chi connectivity index (χ3v) is 4.59. The van der Waals surface area contributed by atoms with Gasteiger partial charge in [-0.25, -0.2) is 4.98 Å². The van der Waals surface area contributed by atoms with E-state index >= 15 is 0 Å². The summed E-state index contributed by atoms with van der Waals surface area (Å²) in [6.45, 7) is 3.46. The smallest absolute Gasteiger partial charge is 0.264 e. The molecule has 134 valence electrons. The molecular formula is C19H19N3O3S. The Bertz CT molecular complexity index is 935. The van der Waals surface area contributed by atoms with E-state index in [1.165, 1.54) is 23.8 Å². The van der Waals surface area contributed by atoms with Gasteiger partial charge in [0, 0.05) is 12.6 Å². The zero-order valence-corrected chi connectivity index (χ0v) is 15.4. The zero-order valence-electron chi connectivity index (χ0n) is 14.5. The number of ether oxygens (including phenoxy) is 1. The second kappa shape index (κ2) is 7.97. The monoisotopic (exact) mass is 369 g/mol. The van der Waals surface area contributed by atoms with Crippen LogP contribution in [0.1, 0.15) is 19.4 Å². The molecule has 3 aromatic rings. The standard InChI is InChI=1S/C19H19N3O3S/c1-3-13-4-7-15(8-5-13)25-11-18(24)22-19-21-16-9-6-14(20-12(2)23)10-17(16)26-19/h4-10H,3,11H2,1-2H3,(H,20,23)(H,21,22,24). The average Bonchev–Trinajstić information content (AvgIpc) is 3.01. The Morgan fingerprint density at radius 1 is 1.12 bits per heavy atom. The number of hydrogen-bond donors (Lipinski definition) is 2. The van der Waals surface area contributed by atoms with Crippen molar-refractivity contribution in [3.05, 3.63) is 48.0 Å². The van der Waals surface area contributed by atoms with Crippen molar-refractivity contribution in [3.63, 3.8) is 0 Å². The van der Waals surface area contributed by atoms with E-state index in [2.05, 4.69) is 22.5 Å². The highest BCUT2D eigenvalue weighted by atomic mass is 32.1. The Kier molecular flexibility index (Phi) is 5.48. The van der Waals surface area contributed by atoms with E-state index in [1.807, 2.05) is 30.3 Å². The lowest BCUT2D eigenvalue weighted by Crippen LogP contribution is -2.19. The van der Waals surface area contributed by atoms with E-state index in [-0.39, 0.29) is 18.4 Å². The van der Waals surface area contributed by atoms with Gasteiger partial charge >= 0.3 is 0 Å². The largest absolute Gasteiger partial charge is 0.484 e. The van der Waals surface area contributed by atoms with Crippen molar-refractivity contribution in [2.45, 2.75) is 20.3 Å². The lowest BCUT2D eigenvalue weighted by molar-refractivity contribution is -0.118. The van der Waals surface area contributed by atoms with Gasteiger partial charge < -0.3 is 10.1 Å². The van der Waals surface area contributed by atoms with Crippen LogP contribution in [0.2, 0.25) is 0 Å². The van der Waals surface area contributed by atoms with Crippen LogP contribution in [0.3, 0.4) is 0 Å². The van der Waals surface area contributed by atoms with E-state index in [0.717, 1.165) is 16.6 Å². The molecular weight excluding hydrogens is 350 g/mol. The number of aromatic nitrogens is 1. The summed E-state index contributed by atoms with van der Waals surface area (Å²) in [5, 5.41) is 5.96. The first-order valence-electron chi connectivity index (χ1n) is 8.23. The number of carbonyl (C=O) groups excluding carboxylic acids is 2. The number of aryl methyl sites for hydroxylation is 1. The number of nitrogens with zero attached hydrogens (tertiary/aromatic N) is 1. The molecule has 1 aromatic heterocycles. The van der Waals surface area contributed by atoms with Crippen molar-refractivity contribution in [3.8, 4) is 5.75 Å². The third kappa shape index (κ3) is 4.58. The Morgan fingerprint density at radius 3 is 2.58 bits per heavy atom. The highest BCUT2D eigenvalue weighted by Crippen LogP contribution is 2.28. The van der Waals surface area contributed by atoms with Gasteiger partial charge in [0.1, 0.15) is 5.75 Å². The topological polar surface area (TPSA) is 80.3 Å². The van der Waals surface area contributed by atoms with Crippen LogP contribution in [0.4, 0.5) is 10.8 Å². The fourth-order valence-electron chi connectivity index (χ4n) is 2.38. The van der Waals surface area contributed by atoms with E-state index in [1.54, 1.807) is 12.1 Å². The maximum Gasteiger partial charge on any atom is 0.264 e. The molecule has 0 atom stereocenters. The summed E-state index contributed by atoms with van der Waals surface area (Å²) >= 11 is 1.34. The first kappa shape index (κ1) is 17.9. The van der Waals surface area contributed by atoms with Gasteiger partial charge in [-0.1, -0.05) is 30.4 Å². The highest BCUT2D eigenvalue weighted by molar-refractivity contribution is 7.22. The van der Waals surface area contributed by atoms with Crippen LogP contribution in [-0.2, 0) is 16.0 Å². The molecule has 0 spiro atoms. The number of hydrogen-bond acceptors (Lipinski definition) is 5. The van der Waals surface area contributed by atoms with Crippen molar-refractivity contribution < 1.29 is 14.3 Å². The molecule has 0 bridgehead atoms. The van der Waals surface area contributed by atoms with Crippen LogP contribution in [0.25, 0.3) is 10.2 Å². The number of rotatable bonds is 6. The number of thiazole rings is 1.